The number of rotatable bonds is 5. The zero-order valence-corrected chi connectivity index (χ0v) is 16.0. The summed E-state index contributed by atoms with van der Waals surface area (Å²) in [6, 6.07) is 0. The first kappa shape index (κ1) is 17.6. The van der Waals surface area contributed by atoms with Gasteiger partial charge in [0.15, 0.2) is 11.5 Å². The number of hydrogen-bond acceptors (Lipinski definition) is 8. The summed E-state index contributed by atoms with van der Waals surface area (Å²) in [5, 5.41) is 3.14. The normalized spacial score (nSPS) is 16.0. The number of nitrogens with zero attached hydrogens (tertiary/aromatic N) is 7. The molecule has 1 aliphatic heterocycles. The number of fused-ring (bicyclic) bond motifs is 1. The lowest BCUT2D eigenvalue weighted by Gasteiger charge is -2.31. The van der Waals surface area contributed by atoms with Crippen LogP contribution in [0.5, 0.6) is 0 Å². The fourth-order valence-corrected chi connectivity index (χ4v) is 3.48. The number of aromatic nitrogens is 6. The molecule has 2 N–H and O–H groups in total. The molecule has 0 atom stereocenters. The van der Waals surface area contributed by atoms with Crippen molar-refractivity contribution in [2.45, 2.75) is 25.3 Å². The van der Waals surface area contributed by atoms with Crippen molar-refractivity contribution in [3.8, 4) is 0 Å². The Bertz CT molecular complexity index is 895. The van der Waals surface area contributed by atoms with Gasteiger partial charge in [0, 0.05) is 51.6 Å². The Kier molecular flexibility index (Phi) is 4.85. The highest BCUT2D eigenvalue weighted by Gasteiger charge is 2.24. The molecule has 1 aliphatic rings. The van der Waals surface area contributed by atoms with Crippen LogP contribution in [0.25, 0.3) is 11.2 Å². The summed E-state index contributed by atoms with van der Waals surface area (Å²) in [6.07, 6.45) is 7.58. The van der Waals surface area contributed by atoms with Crippen LogP contribution in [0.2, 0.25) is 0 Å². The van der Waals surface area contributed by atoms with Crippen molar-refractivity contribution in [3.05, 3.63) is 30.1 Å². The van der Waals surface area contributed by atoms with Gasteiger partial charge in [0.1, 0.15) is 11.3 Å². The molecule has 0 spiro atoms. The van der Waals surface area contributed by atoms with Crippen LogP contribution in [0, 0.1) is 0 Å². The van der Waals surface area contributed by atoms with E-state index < -0.39 is 0 Å². The number of imidazole rings is 1. The van der Waals surface area contributed by atoms with Gasteiger partial charge in [-0.25, -0.2) is 24.9 Å². The van der Waals surface area contributed by atoms with Crippen LogP contribution >= 0.6 is 0 Å². The molecule has 0 bridgehead atoms. The van der Waals surface area contributed by atoms with Gasteiger partial charge in [0.2, 0.25) is 5.95 Å². The van der Waals surface area contributed by atoms with E-state index in [2.05, 4.69) is 35.1 Å². The molecular formula is C18H25N9. The standard InChI is InChI=1S/C18H25N9/c1-19-16-14-17(23-11-22-14)25-15(24-16)13-4-6-27(7-5-13)10-12-8-20-18(21-9-12)26(2)3/h8-9,11,13H,4-7,10H2,1-3H3,(H2,19,22,23,24,25). The molecule has 0 aromatic carbocycles. The number of aromatic amines is 1. The van der Waals surface area contributed by atoms with E-state index in [-0.39, 0.29) is 0 Å². The lowest BCUT2D eigenvalue weighted by Crippen LogP contribution is -2.33. The first-order valence-electron chi connectivity index (χ1n) is 9.23. The van der Waals surface area contributed by atoms with E-state index >= 15 is 0 Å². The summed E-state index contributed by atoms with van der Waals surface area (Å²) in [6.45, 7) is 2.90. The molecule has 4 rings (SSSR count). The molecule has 0 radical (unpaired) electrons. The Morgan fingerprint density at radius 2 is 1.89 bits per heavy atom. The maximum atomic E-state index is 4.71. The number of anilines is 2. The second-order valence-electron chi connectivity index (χ2n) is 7.12. The molecule has 9 heteroatoms. The summed E-state index contributed by atoms with van der Waals surface area (Å²) in [7, 11) is 5.77. The lowest BCUT2D eigenvalue weighted by atomic mass is 9.95. The Hall–Kier alpha value is -2.81. The van der Waals surface area contributed by atoms with Gasteiger partial charge in [-0.1, -0.05) is 0 Å². The number of nitrogens with one attached hydrogen (secondary N) is 2. The molecule has 4 heterocycles. The SMILES string of the molecule is CNc1nc(C2CCN(Cc3cnc(N(C)C)nc3)CC2)nc2nc[nH]c12. The summed E-state index contributed by atoms with van der Waals surface area (Å²) in [5.41, 5.74) is 2.73. The van der Waals surface area contributed by atoms with E-state index in [0.29, 0.717) is 5.92 Å². The molecule has 1 saturated heterocycles. The van der Waals surface area contributed by atoms with Gasteiger partial charge in [-0.2, -0.15) is 0 Å². The molecule has 0 unspecified atom stereocenters. The number of H-pyrrole nitrogens is 1. The lowest BCUT2D eigenvalue weighted by molar-refractivity contribution is 0.201. The summed E-state index contributed by atoms with van der Waals surface area (Å²) in [4.78, 5) is 29.9. The first-order valence-corrected chi connectivity index (χ1v) is 9.23. The van der Waals surface area contributed by atoms with Gasteiger partial charge in [0.05, 0.1) is 6.33 Å². The zero-order chi connectivity index (χ0) is 18.8. The van der Waals surface area contributed by atoms with E-state index in [9.17, 15) is 0 Å². The molecule has 142 valence electrons. The Balaban J connectivity index is 1.40. The molecular weight excluding hydrogens is 342 g/mol. The van der Waals surface area contributed by atoms with Crippen molar-refractivity contribution >= 4 is 22.9 Å². The quantitative estimate of drug-likeness (QED) is 0.702. The van der Waals surface area contributed by atoms with Crippen LogP contribution in [-0.4, -0.2) is 69.0 Å². The third-order valence-corrected chi connectivity index (χ3v) is 4.99. The first-order chi connectivity index (χ1) is 13.1. The van der Waals surface area contributed by atoms with Crippen LogP contribution in [0.3, 0.4) is 0 Å². The van der Waals surface area contributed by atoms with Gasteiger partial charge in [0.25, 0.3) is 0 Å². The van der Waals surface area contributed by atoms with Crippen molar-refractivity contribution in [3.63, 3.8) is 0 Å². The largest absolute Gasteiger partial charge is 0.371 e. The minimum Gasteiger partial charge on any atom is -0.371 e. The van der Waals surface area contributed by atoms with Crippen molar-refractivity contribution in [1.29, 1.82) is 0 Å². The Labute approximate surface area is 158 Å². The summed E-state index contributed by atoms with van der Waals surface area (Å²) in [5.74, 6) is 2.80. The topological polar surface area (TPSA) is 98.8 Å². The predicted octanol–water partition coefficient (Wildman–Crippen LogP) is 1.63. The average Bonchev–Trinajstić information content (AvgIpc) is 3.17. The smallest absolute Gasteiger partial charge is 0.224 e. The van der Waals surface area contributed by atoms with Crippen LogP contribution in [0.4, 0.5) is 11.8 Å². The van der Waals surface area contributed by atoms with Crippen molar-refractivity contribution in [2.24, 2.45) is 0 Å². The highest BCUT2D eigenvalue weighted by molar-refractivity contribution is 5.82. The molecule has 0 aliphatic carbocycles. The van der Waals surface area contributed by atoms with Crippen LogP contribution in [0.15, 0.2) is 18.7 Å². The van der Waals surface area contributed by atoms with Crippen molar-refractivity contribution < 1.29 is 0 Å². The van der Waals surface area contributed by atoms with E-state index in [0.717, 1.165) is 66.8 Å². The monoisotopic (exact) mass is 367 g/mol. The highest BCUT2D eigenvalue weighted by atomic mass is 15.2. The number of piperidine rings is 1. The molecule has 0 saturated carbocycles. The van der Waals surface area contributed by atoms with Gasteiger partial charge in [-0.05, 0) is 25.9 Å². The summed E-state index contributed by atoms with van der Waals surface area (Å²) >= 11 is 0. The summed E-state index contributed by atoms with van der Waals surface area (Å²) < 4.78 is 0. The van der Waals surface area contributed by atoms with Crippen molar-refractivity contribution in [1.82, 2.24) is 34.8 Å². The third kappa shape index (κ3) is 3.68. The fourth-order valence-electron chi connectivity index (χ4n) is 3.48. The zero-order valence-electron chi connectivity index (χ0n) is 16.0. The Morgan fingerprint density at radius 1 is 1.15 bits per heavy atom. The van der Waals surface area contributed by atoms with Gasteiger partial charge >= 0.3 is 0 Å². The average molecular weight is 367 g/mol. The van der Waals surface area contributed by atoms with E-state index in [1.807, 2.05) is 38.4 Å². The van der Waals surface area contributed by atoms with Gasteiger partial charge in [-0.15, -0.1) is 0 Å². The van der Waals surface area contributed by atoms with Crippen molar-refractivity contribution in [2.75, 3.05) is 44.4 Å². The maximum absolute atomic E-state index is 4.71. The van der Waals surface area contributed by atoms with Gasteiger partial charge in [-0.3, -0.25) is 4.90 Å². The number of hydrogen-bond donors (Lipinski definition) is 2. The third-order valence-electron chi connectivity index (χ3n) is 4.99. The Morgan fingerprint density at radius 3 is 2.56 bits per heavy atom. The second-order valence-corrected chi connectivity index (χ2v) is 7.12. The highest BCUT2D eigenvalue weighted by Crippen LogP contribution is 2.28. The maximum Gasteiger partial charge on any atom is 0.224 e. The minimum atomic E-state index is 0.363. The van der Waals surface area contributed by atoms with Crippen LogP contribution in [-0.2, 0) is 6.54 Å². The second kappa shape index (κ2) is 7.43. The molecule has 0 amide bonds. The predicted molar refractivity (Wildman–Crippen MR) is 105 cm³/mol. The van der Waals surface area contributed by atoms with E-state index in [4.69, 9.17) is 4.98 Å². The van der Waals surface area contributed by atoms with E-state index in [1.54, 1.807) is 6.33 Å². The van der Waals surface area contributed by atoms with Gasteiger partial charge < -0.3 is 15.2 Å². The van der Waals surface area contributed by atoms with Crippen LogP contribution < -0.4 is 10.2 Å². The van der Waals surface area contributed by atoms with E-state index in [1.165, 1.54) is 0 Å². The molecule has 3 aromatic rings. The van der Waals surface area contributed by atoms with Crippen LogP contribution in [0.1, 0.15) is 30.1 Å². The molecule has 9 nitrogen and oxygen atoms in total. The fraction of sp³-hybridized carbons (Fsp3) is 0.500. The molecule has 3 aromatic heterocycles. The minimum absolute atomic E-state index is 0.363. The number of likely N-dealkylation sites (tertiary alicyclic amines) is 1. The molecule has 27 heavy (non-hydrogen) atoms. The molecule has 1 fully saturated rings.